The van der Waals surface area contributed by atoms with Gasteiger partial charge in [0.15, 0.2) is 0 Å². The van der Waals surface area contributed by atoms with Gasteiger partial charge in [0.2, 0.25) is 0 Å². The van der Waals surface area contributed by atoms with Gasteiger partial charge in [-0.05, 0) is 33.8 Å². The van der Waals surface area contributed by atoms with Crippen molar-refractivity contribution in [3.63, 3.8) is 0 Å². The predicted octanol–water partition coefficient (Wildman–Crippen LogP) is 1.95. The fourth-order valence-corrected chi connectivity index (χ4v) is 1.38. The molecular formula is C15H20N2O3. The minimum Gasteiger partial charge on any atom is -0.444 e. The average molecular weight is 276 g/mol. The van der Waals surface area contributed by atoms with Gasteiger partial charge in [-0.25, -0.2) is 4.79 Å². The number of ether oxygens (including phenoxy) is 1. The van der Waals surface area contributed by atoms with E-state index < -0.39 is 11.7 Å². The minimum atomic E-state index is -0.497. The molecular weight excluding hydrogens is 256 g/mol. The van der Waals surface area contributed by atoms with Crippen LogP contribution in [0.5, 0.6) is 0 Å². The van der Waals surface area contributed by atoms with Gasteiger partial charge >= 0.3 is 6.09 Å². The van der Waals surface area contributed by atoms with Crippen molar-refractivity contribution in [2.24, 2.45) is 0 Å². The monoisotopic (exact) mass is 276 g/mol. The number of H-pyrrole nitrogens is 1. The SMILES string of the molecule is Cc1cc(C#CCCNC(=O)OC(C)(C)C)c[nH]c1=O. The van der Waals surface area contributed by atoms with Crippen LogP contribution in [0.2, 0.25) is 0 Å². The lowest BCUT2D eigenvalue weighted by atomic mass is 10.2. The number of aromatic nitrogens is 1. The van der Waals surface area contributed by atoms with E-state index in [1.165, 1.54) is 0 Å². The zero-order chi connectivity index (χ0) is 15.2. The molecule has 1 aromatic heterocycles. The number of carbonyl (C=O) groups excluding carboxylic acids is 1. The fourth-order valence-electron chi connectivity index (χ4n) is 1.38. The number of pyridine rings is 1. The van der Waals surface area contributed by atoms with Crippen molar-refractivity contribution in [1.82, 2.24) is 10.3 Å². The molecule has 0 bridgehead atoms. The highest BCUT2D eigenvalue weighted by molar-refractivity contribution is 5.67. The standard InChI is InChI=1S/C15H20N2O3/c1-11-9-12(10-17-13(11)18)7-5-6-8-16-14(19)20-15(2,3)4/h9-10H,6,8H2,1-4H3,(H,16,19)(H,17,18). The van der Waals surface area contributed by atoms with E-state index in [-0.39, 0.29) is 5.56 Å². The molecule has 0 spiro atoms. The molecule has 0 unspecified atom stereocenters. The maximum Gasteiger partial charge on any atom is 0.407 e. The first kappa shape index (κ1) is 15.8. The topological polar surface area (TPSA) is 71.2 Å². The van der Waals surface area contributed by atoms with E-state index in [1.54, 1.807) is 19.2 Å². The Labute approximate surface area is 118 Å². The van der Waals surface area contributed by atoms with Crippen LogP contribution in [0.1, 0.15) is 38.3 Å². The first-order valence-electron chi connectivity index (χ1n) is 6.43. The Hall–Kier alpha value is -2.22. The molecule has 1 aromatic rings. The van der Waals surface area contributed by atoms with E-state index in [4.69, 9.17) is 4.74 Å². The second-order valence-electron chi connectivity index (χ2n) is 5.38. The average Bonchev–Trinajstić information content (AvgIpc) is 2.31. The molecule has 1 rings (SSSR count). The van der Waals surface area contributed by atoms with Crippen LogP contribution in [0.25, 0.3) is 0 Å². The number of carbonyl (C=O) groups is 1. The van der Waals surface area contributed by atoms with Crippen LogP contribution >= 0.6 is 0 Å². The van der Waals surface area contributed by atoms with Gasteiger partial charge in [0.25, 0.3) is 5.56 Å². The number of nitrogens with one attached hydrogen (secondary N) is 2. The van der Waals surface area contributed by atoms with Crippen molar-refractivity contribution in [2.45, 2.75) is 39.7 Å². The molecule has 0 atom stereocenters. The van der Waals surface area contributed by atoms with Crippen LogP contribution in [0.3, 0.4) is 0 Å². The number of hydrogen-bond donors (Lipinski definition) is 2. The summed E-state index contributed by atoms with van der Waals surface area (Å²) in [5.41, 5.74) is 0.772. The summed E-state index contributed by atoms with van der Waals surface area (Å²) in [5, 5.41) is 2.62. The second kappa shape index (κ2) is 6.80. The molecule has 0 saturated carbocycles. The summed E-state index contributed by atoms with van der Waals surface area (Å²) in [6, 6.07) is 1.73. The van der Waals surface area contributed by atoms with Gasteiger partial charge in [-0.2, -0.15) is 0 Å². The lowest BCUT2D eigenvalue weighted by Gasteiger charge is -2.19. The lowest BCUT2D eigenvalue weighted by Crippen LogP contribution is -2.32. The van der Waals surface area contributed by atoms with Crippen LogP contribution in [0.4, 0.5) is 4.79 Å². The molecule has 20 heavy (non-hydrogen) atoms. The largest absolute Gasteiger partial charge is 0.444 e. The van der Waals surface area contributed by atoms with Gasteiger partial charge in [-0.1, -0.05) is 11.8 Å². The molecule has 0 aromatic carbocycles. The third kappa shape index (κ3) is 6.10. The quantitative estimate of drug-likeness (QED) is 0.640. The van der Waals surface area contributed by atoms with Crippen molar-refractivity contribution in [1.29, 1.82) is 0 Å². The normalized spacial score (nSPS) is 10.4. The summed E-state index contributed by atoms with van der Waals surface area (Å²) in [4.78, 5) is 25.1. The Balaban J connectivity index is 2.38. The van der Waals surface area contributed by atoms with E-state index in [0.29, 0.717) is 18.5 Å². The molecule has 5 nitrogen and oxygen atoms in total. The van der Waals surface area contributed by atoms with Crippen molar-refractivity contribution < 1.29 is 9.53 Å². The van der Waals surface area contributed by atoms with Gasteiger partial charge in [0, 0.05) is 30.3 Å². The molecule has 0 aliphatic carbocycles. The molecule has 0 fully saturated rings. The summed E-state index contributed by atoms with van der Waals surface area (Å²) in [7, 11) is 0. The van der Waals surface area contributed by atoms with Gasteiger partial charge in [-0.15, -0.1) is 0 Å². The smallest absolute Gasteiger partial charge is 0.407 e. The van der Waals surface area contributed by atoms with E-state index in [1.807, 2.05) is 20.8 Å². The van der Waals surface area contributed by atoms with E-state index in [9.17, 15) is 9.59 Å². The highest BCUT2D eigenvalue weighted by Crippen LogP contribution is 2.06. The molecule has 1 heterocycles. The maximum absolute atomic E-state index is 11.4. The Morgan fingerprint density at radius 2 is 2.15 bits per heavy atom. The Morgan fingerprint density at radius 1 is 1.45 bits per heavy atom. The van der Waals surface area contributed by atoms with E-state index >= 15 is 0 Å². The van der Waals surface area contributed by atoms with E-state index in [2.05, 4.69) is 22.1 Å². The van der Waals surface area contributed by atoms with Gasteiger partial charge in [-0.3, -0.25) is 4.79 Å². The molecule has 0 aliphatic rings. The Bertz CT molecular complexity index is 586. The third-order valence-electron chi connectivity index (χ3n) is 2.24. The Morgan fingerprint density at radius 3 is 2.75 bits per heavy atom. The summed E-state index contributed by atoms with van der Waals surface area (Å²) in [5.74, 6) is 5.85. The molecule has 108 valence electrons. The molecule has 0 saturated heterocycles. The number of aromatic amines is 1. The highest BCUT2D eigenvalue weighted by Gasteiger charge is 2.15. The molecule has 0 radical (unpaired) electrons. The summed E-state index contributed by atoms with van der Waals surface area (Å²) >= 11 is 0. The van der Waals surface area contributed by atoms with Crippen LogP contribution in [-0.4, -0.2) is 23.2 Å². The third-order valence-corrected chi connectivity index (χ3v) is 2.24. The van der Waals surface area contributed by atoms with Crippen molar-refractivity contribution in [2.75, 3.05) is 6.54 Å². The molecule has 5 heteroatoms. The van der Waals surface area contributed by atoms with Gasteiger partial charge in [0.1, 0.15) is 5.60 Å². The second-order valence-corrected chi connectivity index (χ2v) is 5.38. The van der Waals surface area contributed by atoms with Crippen LogP contribution in [-0.2, 0) is 4.74 Å². The summed E-state index contributed by atoms with van der Waals surface area (Å²) in [6.45, 7) is 7.58. The van der Waals surface area contributed by atoms with Gasteiger partial charge < -0.3 is 15.0 Å². The first-order valence-corrected chi connectivity index (χ1v) is 6.43. The van der Waals surface area contributed by atoms with Crippen LogP contribution in [0, 0.1) is 18.8 Å². The predicted molar refractivity (Wildman–Crippen MR) is 77.5 cm³/mol. The molecule has 2 N–H and O–H groups in total. The molecule has 1 amide bonds. The van der Waals surface area contributed by atoms with Crippen molar-refractivity contribution in [3.8, 4) is 11.8 Å². The van der Waals surface area contributed by atoms with Crippen molar-refractivity contribution in [3.05, 3.63) is 33.7 Å². The van der Waals surface area contributed by atoms with Crippen LogP contribution in [0.15, 0.2) is 17.1 Å². The highest BCUT2D eigenvalue weighted by atomic mass is 16.6. The van der Waals surface area contributed by atoms with Gasteiger partial charge in [0.05, 0.1) is 0 Å². The zero-order valence-electron chi connectivity index (χ0n) is 12.3. The first-order chi connectivity index (χ1) is 9.28. The van der Waals surface area contributed by atoms with Crippen molar-refractivity contribution >= 4 is 6.09 Å². The fraction of sp³-hybridized carbons (Fsp3) is 0.467. The minimum absolute atomic E-state index is 0.109. The number of aryl methyl sites for hydroxylation is 1. The number of alkyl carbamates (subject to hydrolysis) is 1. The van der Waals surface area contributed by atoms with E-state index in [0.717, 1.165) is 5.56 Å². The maximum atomic E-state index is 11.4. The number of amides is 1. The Kier molecular flexibility index (Phi) is 5.39. The van der Waals surface area contributed by atoms with Crippen LogP contribution < -0.4 is 10.9 Å². The lowest BCUT2D eigenvalue weighted by molar-refractivity contribution is 0.0529. The number of rotatable bonds is 2. The summed E-state index contributed by atoms with van der Waals surface area (Å²) < 4.78 is 5.09. The molecule has 0 aliphatic heterocycles. The number of hydrogen-bond acceptors (Lipinski definition) is 3. The zero-order valence-corrected chi connectivity index (χ0v) is 12.3. The summed E-state index contributed by atoms with van der Waals surface area (Å²) in [6.07, 6.45) is 1.64.